The molecule has 15 heavy (non-hydrogen) atoms. The Morgan fingerprint density at radius 3 is 2.53 bits per heavy atom. The third kappa shape index (κ3) is 3.49. The molecule has 0 saturated heterocycles. The van der Waals surface area contributed by atoms with E-state index in [0.717, 1.165) is 19.0 Å². The van der Waals surface area contributed by atoms with Crippen molar-refractivity contribution in [1.82, 2.24) is 4.90 Å². The van der Waals surface area contributed by atoms with Crippen LogP contribution in [0.25, 0.3) is 0 Å². The molecule has 3 nitrogen and oxygen atoms in total. The van der Waals surface area contributed by atoms with Gasteiger partial charge in [0, 0.05) is 6.54 Å². The van der Waals surface area contributed by atoms with Gasteiger partial charge in [0.25, 0.3) is 0 Å². The number of hydrogen-bond acceptors (Lipinski definition) is 3. The van der Waals surface area contributed by atoms with Gasteiger partial charge in [0.05, 0.1) is 6.61 Å². The normalized spacial score (nSPS) is 18.7. The standard InChI is InChI=1S/C12H23NO2/c1-4-13(9-11-7-6-8-11)10(3)12(14)15-5-2/h10-11H,4-9H2,1-3H3. The Balaban J connectivity index is 2.37. The van der Waals surface area contributed by atoms with Gasteiger partial charge in [0.1, 0.15) is 6.04 Å². The molecule has 88 valence electrons. The zero-order valence-corrected chi connectivity index (χ0v) is 10.2. The molecule has 1 unspecified atom stereocenters. The summed E-state index contributed by atoms with van der Waals surface area (Å²) in [4.78, 5) is 13.8. The van der Waals surface area contributed by atoms with Crippen molar-refractivity contribution in [1.29, 1.82) is 0 Å². The first-order valence-corrected chi connectivity index (χ1v) is 6.09. The predicted molar refractivity (Wildman–Crippen MR) is 60.7 cm³/mol. The highest BCUT2D eigenvalue weighted by Gasteiger charge is 2.26. The minimum Gasteiger partial charge on any atom is -0.465 e. The third-order valence-corrected chi connectivity index (χ3v) is 3.30. The zero-order chi connectivity index (χ0) is 11.3. The van der Waals surface area contributed by atoms with Crippen LogP contribution in [0.1, 0.15) is 40.0 Å². The van der Waals surface area contributed by atoms with E-state index in [4.69, 9.17) is 4.74 Å². The Morgan fingerprint density at radius 1 is 1.47 bits per heavy atom. The fraction of sp³-hybridized carbons (Fsp3) is 0.917. The summed E-state index contributed by atoms with van der Waals surface area (Å²) >= 11 is 0. The fourth-order valence-electron chi connectivity index (χ4n) is 1.98. The lowest BCUT2D eigenvalue weighted by molar-refractivity contribution is -0.149. The molecule has 0 spiro atoms. The fourth-order valence-corrected chi connectivity index (χ4v) is 1.98. The van der Waals surface area contributed by atoms with Gasteiger partial charge in [-0.1, -0.05) is 13.3 Å². The first-order valence-electron chi connectivity index (χ1n) is 6.09. The van der Waals surface area contributed by atoms with Gasteiger partial charge in [-0.15, -0.1) is 0 Å². The number of nitrogens with zero attached hydrogens (tertiary/aromatic N) is 1. The number of hydrogen-bond donors (Lipinski definition) is 0. The topological polar surface area (TPSA) is 29.5 Å². The molecule has 1 saturated carbocycles. The molecule has 0 aromatic carbocycles. The lowest BCUT2D eigenvalue weighted by atomic mass is 9.85. The van der Waals surface area contributed by atoms with Gasteiger partial charge >= 0.3 is 5.97 Å². The number of likely N-dealkylation sites (N-methyl/N-ethyl adjacent to an activating group) is 1. The van der Waals surface area contributed by atoms with Crippen molar-refractivity contribution in [2.24, 2.45) is 5.92 Å². The van der Waals surface area contributed by atoms with Crippen molar-refractivity contribution in [3.63, 3.8) is 0 Å². The van der Waals surface area contributed by atoms with Gasteiger partial charge < -0.3 is 4.74 Å². The Bertz CT molecular complexity index is 202. The van der Waals surface area contributed by atoms with E-state index < -0.39 is 0 Å². The average molecular weight is 213 g/mol. The minimum atomic E-state index is -0.0875. The molecule has 0 radical (unpaired) electrons. The molecule has 0 aromatic rings. The van der Waals surface area contributed by atoms with Crippen LogP contribution in [0.3, 0.4) is 0 Å². The molecular formula is C12H23NO2. The van der Waals surface area contributed by atoms with E-state index in [1.165, 1.54) is 19.3 Å². The molecule has 0 heterocycles. The number of carbonyl (C=O) groups is 1. The van der Waals surface area contributed by atoms with Crippen molar-refractivity contribution in [3.05, 3.63) is 0 Å². The van der Waals surface area contributed by atoms with Crippen molar-refractivity contribution in [2.75, 3.05) is 19.7 Å². The lowest BCUT2D eigenvalue weighted by Crippen LogP contribution is -2.43. The van der Waals surface area contributed by atoms with Gasteiger partial charge in [-0.25, -0.2) is 0 Å². The highest BCUT2D eigenvalue weighted by molar-refractivity contribution is 5.75. The maximum Gasteiger partial charge on any atom is 0.323 e. The lowest BCUT2D eigenvalue weighted by Gasteiger charge is -2.34. The van der Waals surface area contributed by atoms with E-state index in [1.54, 1.807) is 0 Å². The van der Waals surface area contributed by atoms with Gasteiger partial charge in [0.2, 0.25) is 0 Å². The molecule has 0 amide bonds. The van der Waals surface area contributed by atoms with Crippen LogP contribution in [0.4, 0.5) is 0 Å². The maximum absolute atomic E-state index is 11.6. The molecule has 0 N–H and O–H groups in total. The van der Waals surface area contributed by atoms with Gasteiger partial charge in [-0.2, -0.15) is 0 Å². The second kappa shape index (κ2) is 6.11. The monoisotopic (exact) mass is 213 g/mol. The Labute approximate surface area is 92.8 Å². The van der Waals surface area contributed by atoms with Crippen LogP contribution >= 0.6 is 0 Å². The molecule has 1 atom stereocenters. The van der Waals surface area contributed by atoms with Crippen LogP contribution in [0, 0.1) is 5.92 Å². The molecule has 0 bridgehead atoms. The van der Waals surface area contributed by atoms with E-state index in [2.05, 4.69) is 11.8 Å². The molecule has 0 aliphatic heterocycles. The summed E-state index contributed by atoms with van der Waals surface area (Å²) in [5.74, 6) is 0.723. The van der Waals surface area contributed by atoms with Crippen LogP contribution in [0.2, 0.25) is 0 Å². The summed E-state index contributed by atoms with van der Waals surface area (Å²) in [6.07, 6.45) is 4.01. The zero-order valence-electron chi connectivity index (χ0n) is 10.2. The van der Waals surface area contributed by atoms with E-state index in [0.29, 0.717) is 6.61 Å². The summed E-state index contributed by atoms with van der Waals surface area (Å²) in [6, 6.07) is -0.0875. The smallest absolute Gasteiger partial charge is 0.323 e. The quantitative estimate of drug-likeness (QED) is 0.632. The molecule has 1 aliphatic rings. The second-order valence-electron chi connectivity index (χ2n) is 4.31. The predicted octanol–water partition coefficient (Wildman–Crippen LogP) is 2.06. The van der Waals surface area contributed by atoms with Gasteiger partial charge in [0.15, 0.2) is 0 Å². The van der Waals surface area contributed by atoms with E-state index in [1.807, 2.05) is 13.8 Å². The molecular weight excluding hydrogens is 190 g/mol. The summed E-state index contributed by atoms with van der Waals surface area (Å²) < 4.78 is 5.04. The molecule has 1 aliphatic carbocycles. The SMILES string of the molecule is CCOC(=O)C(C)N(CC)CC1CCC1. The van der Waals surface area contributed by atoms with Crippen LogP contribution < -0.4 is 0 Å². The highest BCUT2D eigenvalue weighted by atomic mass is 16.5. The molecule has 3 heteroatoms. The van der Waals surface area contributed by atoms with Crippen LogP contribution in [-0.4, -0.2) is 36.6 Å². The Kier molecular flexibility index (Phi) is 5.09. The molecule has 1 rings (SSSR count). The van der Waals surface area contributed by atoms with Crippen molar-refractivity contribution in [3.8, 4) is 0 Å². The summed E-state index contributed by atoms with van der Waals surface area (Å²) in [5, 5.41) is 0. The van der Waals surface area contributed by atoms with Crippen molar-refractivity contribution < 1.29 is 9.53 Å². The van der Waals surface area contributed by atoms with E-state index in [-0.39, 0.29) is 12.0 Å². The number of rotatable bonds is 6. The van der Waals surface area contributed by atoms with Crippen LogP contribution in [0.5, 0.6) is 0 Å². The Morgan fingerprint density at radius 2 is 2.13 bits per heavy atom. The Hall–Kier alpha value is -0.570. The van der Waals surface area contributed by atoms with Crippen molar-refractivity contribution in [2.45, 2.75) is 46.1 Å². The summed E-state index contributed by atoms with van der Waals surface area (Å²) in [5.41, 5.74) is 0. The largest absolute Gasteiger partial charge is 0.465 e. The highest BCUT2D eigenvalue weighted by Crippen LogP contribution is 2.27. The maximum atomic E-state index is 11.6. The number of carbonyl (C=O) groups excluding carboxylic acids is 1. The number of esters is 1. The second-order valence-corrected chi connectivity index (χ2v) is 4.31. The average Bonchev–Trinajstić information content (AvgIpc) is 2.16. The minimum absolute atomic E-state index is 0.0846. The van der Waals surface area contributed by atoms with E-state index >= 15 is 0 Å². The summed E-state index contributed by atoms with van der Waals surface area (Å²) in [6.45, 7) is 8.36. The van der Waals surface area contributed by atoms with E-state index in [9.17, 15) is 4.79 Å². The van der Waals surface area contributed by atoms with Crippen LogP contribution in [-0.2, 0) is 9.53 Å². The first kappa shape index (κ1) is 12.5. The summed E-state index contributed by atoms with van der Waals surface area (Å²) in [7, 11) is 0. The van der Waals surface area contributed by atoms with Crippen LogP contribution in [0.15, 0.2) is 0 Å². The van der Waals surface area contributed by atoms with Gasteiger partial charge in [-0.3, -0.25) is 9.69 Å². The molecule has 1 fully saturated rings. The number of ether oxygens (including phenoxy) is 1. The van der Waals surface area contributed by atoms with Crippen molar-refractivity contribution >= 4 is 5.97 Å². The third-order valence-electron chi connectivity index (χ3n) is 3.30. The van der Waals surface area contributed by atoms with Gasteiger partial charge in [-0.05, 0) is 39.2 Å². The molecule has 0 aromatic heterocycles. The first-order chi connectivity index (χ1) is 7.19.